The van der Waals surface area contributed by atoms with Crippen LogP contribution in [0.4, 0.5) is 0 Å². The van der Waals surface area contributed by atoms with Gasteiger partial charge >= 0.3 is 23.9 Å². The van der Waals surface area contributed by atoms with Crippen LogP contribution in [0.1, 0.15) is 295 Å². The van der Waals surface area contributed by atoms with Crippen LogP contribution in [0.15, 0.2) is 24.3 Å². The number of carbonyl (C=O) groups is 4. The normalized spacial score (nSPS) is 31.7. The lowest BCUT2D eigenvalue weighted by molar-refractivity contribution is -0.365. The van der Waals surface area contributed by atoms with Gasteiger partial charge in [0.1, 0.15) is 50.8 Å². The maximum Gasteiger partial charge on any atom is 0.338 e. The van der Waals surface area contributed by atoms with Crippen LogP contribution >= 0.6 is 0 Å². The summed E-state index contributed by atoms with van der Waals surface area (Å²) in [5.74, 6) is -4.81. The van der Waals surface area contributed by atoms with E-state index in [4.69, 9.17) is 76.2 Å². The van der Waals surface area contributed by atoms with Crippen molar-refractivity contribution in [1.29, 1.82) is 0 Å². The summed E-state index contributed by atoms with van der Waals surface area (Å²) in [7, 11) is 0. The van der Waals surface area contributed by atoms with Crippen molar-refractivity contribution in [2.45, 2.75) is 378 Å². The highest BCUT2D eigenvalue weighted by atomic mass is 16.8. The zero-order valence-electron chi connectivity index (χ0n) is 68.4. The van der Waals surface area contributed by atoms with Crippen LogP contribution < -0.4 is 0 Å². The van der Waals surface area contributed by atoms with Crippen molar-refractivity contribution in [2.75, 3.05) is 66.1 Å². The summed E-state index contributed by atoms with van der Waals surface area (Å²) in [5.41, 5.74) is -3.44. The highest BCUT2D eigenvalue weighted by Crippen LogP contribution is 2.56. The maximum absolute atomic E-state index is 13.8. The number of benzene rings is 1. The molecule has 0 saturated carbocycles. The molecule has 10 atom stereocenters. The van der Waals surface area contributed by atoms with Gasteiger partial charge in [-0.2, -0.15) is 20.3 Å². The quantitative estimate of drug-likeness (QED) is 0.0362. The van der Waals surface area contributed by atoms with Crippen LogP contribution in [-0.4, -0.2) is 214 Å². The summed E-state index contributed by atoms with van der Waals surface area (Å²) >= 11 is 0. The molecule has 0 amide bonds. The van der Waals surface area contributed by atoms with Crippen LogP contribution in [0.25, 0.3) is 0 Å². The van der Waals surface area contributed by atoms with E-state index < -0.39 is 86.6 Å². The highest BCUT2D eigenvalue weighted by Gasteiger charge is 2.65. The van der Waals surface area contributed by atoms with Gasteiger partial charge < -0.3 is 56.8 Å². The molecule has 24 heteroatoms. The molecule has 0 aliphatic carbocycles. The lowest BCUT2D eigenvalue weighted by atomic mass is 9.70. The largest absolute Gasteiger partial charge is 0.463 e. The Labute approximate surface area is 628 Å². The number of hydrogen-bond donors (Lipinski definition) is 0. The first-order valence-corrected chi connectivity index (χ1v) is 39.8. The molecular formula is C81H136N4O20. The average Bonchev–Trinajstić information content (AvgIpc) is 1.73. The van der Waals surface area contributed by atoms with Gasteiger partial charge in [-0.15, -0.1) is 0 Å². The SMILES string of the molecule is CCON1C(C)(C)CC2(CC1(C)C)OCC(COC(=O)CCCCCCCCC(=O)OCC1COC3(CC(C)(C)N(OCC(C)C)C(C)(CCC4(C)CC5(CC(C)(C)N4OC(C)C(C)C)OCC(COC(=O)c4cccc(C(=O)OCC6COC7(CC(C)(C)N(OC(C)CC)C(C)(C)C7)O6)c4)O5)C3)O1)O2. The molecule has 8 heterocycles. The number of carbonyl (C=O) groups excluding carboxylic acids is 4. The monoisotopic (exact) mass is 1480 g/mol. The minimum atomic E-state index is -1.05. The second-order valence-corrected chi connectivity index (χ2v) is 37.1. The van der Waals surface area contributed by atoms with Crippen LogP contribution in [0, 0.1) is 11.8 Å². The van der Waals surface area contributed by atoms with Crippen LogP contribution in [0.3, 0.4) is 0 Å². The highest BCUT2D eigenvalue weighted by molar-refractivity contribution is 5.95. The number of hydrogen-bond acceptors (Lipinski definition) is 24. The third-order valence-corrected chi connectivity index (χ3v) is 22.5. The zero-order valence-corrected chi connectivity index (χ0v) is 68.4. The number of ether oxygens (including phenoxy) is 12. The molecule has 4 spiro atoms. The van der Waals surface area contributed by atoms with E-state index in [1.807, 2.05) is 6.92 Å². The van der Waals surface area contributed by atoms with Crippen molar-refractivity contribution in [1.82, 2.24) is 20.3 Å². The number of hydroxylamine groups is 8. The van der Waals surface area contributed by atoms with Crippen molar-refractivity contribution < 1.29 is 95.4 Å². The van der Waals surface area contributed by atoms with Crippen molar-refractivity contribution >= 4 is 23.9 Å². The van der Waals surface area contributed by atoms with E-state index in [-0.39, 0.29) is 111 Å². The minimum absolute atomic E-state index is 0.0166. The molecule has 600 valence electrons. The molecule has 0 bridgehead atoms. The lowest BCUT2D eigenvalue weighted by Crippen LogP contribution is -2.69. The molecule has 9 rings (SSSR count). The number of unbranched alkanes of at least 4 members (excludes halogenated alkanes) is 5. The molecule has 8 aliphatic heterocycles. The van der Waals surface area contributed by atoms with Crippen molar-refractivity contribution in [3.8, 4) is 0 Å². The molecule has 0 aromatic heterocycles. The van der Waals surface area contributed by atoms with Crippen molar-refractivity contribution in [3.63, 3.8) is 0 Å². The molecule has 1 aromatic rings. The van der Waals surface area contributed by atoms with Gasteiger partial charge in [0.2, 0.25) is 0 Å². The molecule has 0 radical (unpaired) electrons. The first kappa shape index (κ1) is 85.5. The number of nitrogens with zero attached hydrogens (tertiary/aromatic N) is 4. The van der Waals surface area contributed by atoms with Crippen LogP contribution in [0.2, 0.25) is 0 Å². The Bertz CT molecular complexity index is 3030. The summed E-state index contributed by atoms with van der Waals surface area (Å²) in [4.78, 5) is 79.9. The summed E-state index contributed by atoms with van der Waals surface area (Å²) in [5, 5.41) is 8.56. The van der Waals surface area contributed by atoms with Crippen LogP contribution in [-0.2, 0) is 85.8 Å². The third kappa shape index (κ3) is 21.2. The van der Waals surface area contributed by atoms with E-state index in [9.17, 15) is 19.2 Å². The van der Waals surface area contributed by atoms with Crippen LogP contribution in [0.5, 0.6) is 0 Å². The summed E-state index contributed by atoms with van der Waals surface area (Å²) < 4.78 is 76.6. The molecule has 105 heavy (non-hydrogen) atoms. The number of esters is 4. The van der Waals surface area contributed by atoms with Gasteiger partial charge in [-0.1, -0.05) is 66.4 Å². The zero-order chi connectivity index (χ0) is 77.0. The molecule has 8 saturated heterocycles. The molecule has 8 aliphatic rings. The Morgan fingerprint density at radius 3 is 1.17 bits per heavy atom. The van der Waals surface area contributed by atoms with E-state index in [2.05, 4.69) is 166 Å². The van der Waals surface area contributed by atoms with Gasteiger partial charge in [-0.3, -0.25) is 28.9 Å². The maximum atomic E-state index is 13.8. The molecule has 24 nitrogen and oxygen atoms in total. The Hall–Kier alpha value is -3.54. The van der Waals surface area contributed by atoms with Gasteiger partial charge in [0.15, 0.2) is 23.1 Å². The average molecular weight is 1490 g/mol. The second-order valence-electron chi connectivity index (χ2n) is 37.1. The van der Waals surface area contributed by atoms with E-state index >= 15 is 0 Å². The van der Waals surface area contributed by atoms with Gasteiger partial charge in [0.05, 0.1) is 63.0 Å². The molecule has 0 N–H and O–H groups in total. The predicted molar refractivity (Wildman–Crippen MR) is 394 cm³/mol. The third-order valence-electron chi connectivity index (χ3n) is 22.5. The van der Waals surface area contributed by atoms with E-state index in [0.29, 0.717) is 103 Å². The molecule has 10 unspecified atom stereocenters. The number of rotatable bonds is 33. The topological polar surface area (TPSA) is 229 Å². The van der Waals surface area contributed by atoms with Gasteiger partial charge in [-0.25, -0.2) is 9.59 Å². The van der Waals surface area contributed by atoms with Gasteiger partial charge in [0, 0.05) is 109 Å². The van der Waals surface area contributed by atoms with E-state index in [1.54, 1.807) is 18.2 Å². The Morgan fingerprint density at radius 2 is 0.790 bits per heavy atom. The fourth-order valence-corrected chi connectivity index (χ4v) is 18.7. The fraction of sp³-hybridized carbons (Fsp3) is 0.877. The van der Waals surface area contributed by atoms with E-state index in [0.717, 1.165) is 38.5 Å². The summed E-state index contributed by atoms with van der Waals surface area (Å²) in [6.45, 7) is 49.6. The molecule has 8 fully saturated rings. The Balaban J connectivity index is 0.737. The minimum Gasteiger partial charge on any atom is -0.463 e. The predicted octanol–water partition coefficient (Wildman–Crippen LogP) is 14.3. The fourth-order valence-electron chi connectivity index (χ4n) is 18.7. The standard InChI is InChI=1S/C81H136N4O20/c1-23-58(7)104-83-72(13,14)50-79(51-73(83,15)16)95-46-64(101-79)42-92-68(88)60-32-31-33-61(38-60)69(89)93-43-65-47-97-81(103-65)53-75(19,20)85(105-59(8)57(5)6)77(22,55-81)37-36-76(21)54-80(52-74(17,18)84(76)99-39-56(3)4)96-45-63(102-80)41-91-67(87)35-30-28-26-25-27-29-34-66(86)90-40-62-44-94-78(100-62)48-70(9,10)82(98-24-2)71(11,12)49-78/h31-33,38,56-59,62-65H,23-30,34-37,39-55H2,1-22H3. The first-order valence-electron chi connectivity index (χ1n) is 39.8. The Morgan fingerprint density at radius 1 is 0.438 bits per heavy atom. The van der Waals surface area contributed by atoms with Crippen molar-refractivity contribution in [3.05, 3.63) is 35.4 Å². The number of piperidine rings is 4. The molecular weight excluding hydrogens is 1350 g/mol. The van der Waals surface area contributed by atoms with E-state index in [1.165, 1.54) is 6.07 Å². The van der Waals surface area contributed by atoms with Gasteiger partial charge in [0.25, 0.3) is 0 Å². The van der Waals surface area contributed by atoms with Crippen molar-refractivity contribution in [2.24, 2.45) is 11.8 Å². The molecule has 1 aromatic carbocycles. The first-order chi connectivity index (χ1) is 48.9. The second kappa shape index (κ2) is 33.8. The smallest absolute Gasteiger partial charge is 0.338 e. The summed E-state index contributed by atoms with van der Waals surface area (Å²) in [6, 6.07) is 6.36. The Kier molecular flexibility index (Phi) is 27.5. The lowest BCUT2D eigenvalue weighted by Gasteiger charge is -2.60. The summed E-state index contributed by atoms with van der Waals surface area (Å²) in [6.07, 6.45) is 10.5. The van der Waals surface area contributed by atoms with Gasteiger partial charge in [-0.05, 0) is 180 Å².